The molecule has 2 heterocycles. The van der Waals surface area contributed by atoms with Crippen LogP contribution in [0.1, 0.15) is 11.6 Å². The van der Waals surface area contributed by atoms with Crippen LogP contribution in [0.3, 0.4) is 0 Å². The molecule has 0 radical (unpaired) electrons. The Hall–Kier alpha value is -3.29. The molecule has 0 fully saturated rings. The van der Waals surface area contributed by atoms with E-state index in [9.17, 15) is 4.79 Å². The van der Waals surface area contributed by atoms with Gasteiger partial charge in [-0.3, -0.25) is 4.79 Å². The van der Waals surface area contributed by atoms with Crippen LogP contribution in [0.5, 0.6) is 0 Å². The molecule has 0 saturated heterocycles. The minimum atomic E-state index is -0.457. The fraction of sp³-hybridized carbons (Fsp3) is 0.0870. The molecule has 8 heteroatoms. The Labute approximate surface area is 188 Å². The highest BCUT2D eigenvalue weighted by Crippen LogP contribution is 2.39. The molecule has 1 aliphatic rings. The number of aromatic nitrogens is 3. The molecule has 0 bridgehead atoms. The van der Waals surface area contributed by atoms with Crippen LogP contribution < -0.4 is 10.7 Å². The highest BCUT2D eigenvalue weighted by molar-refractivity contribution is 8.00. The molecular weight excluding hydrogens is 430 g/mol. The number of thioether (sulfide) groups is 1. The first-order chi connectivity index (χ1) is 15.2. The van der Waals surface area contributed by atoms with Gasteiger partial charge in [-0.25, -0.2) is 4.68 Å². The van der Waals surface area contributed by atoms with Crippen molar-refractivity contribution in [2.24, 2.45) is 0 Å². The molecule has 0 saturated carbocycles. The largest absolute Gasteiger partial charge is 0.325 e. The van der Waals surface area contributed by atoms with Crippen molar-refractivity contribution in [3.8, 4) is 11.4 Å². The van der Waals surface area contributed by atoms with Crippen LogP contribution in [0.25, 0.3) is 11.4 Å². The fourth-order valence-electron chi connectivity index (χ4n) is 3.48. The van der Waals surface area contributed by atoms with Crippen LogP contribution in [0.2, 0.25) is 5.02 Å². The molecule has 1 amide bonds. The smallest absolute Gasteiger partial charge is 0.240 e. The summed E-state index contributed by atoms with van der Waals surface area (Å²) >= 11 is 7.48. The van der Waals surface area contributed by atoms with Crippen molar-refractivity contribution in [1.29, 1.82) is 0 Å². The highest BCUT2D eigenvalue weighted by atomic mass is 35.5. The van der Waals surface area contributed by atoms with Crippen molar-refractivity contribution in [3.63, 3.8) is 0 Å². The maximum absolute atomic E-state index is 13.2. The Bertz CT molecular complexity index is 1200. The van der Waals surface area contributed by atoms with Crippen LogP contribution in [0.15, 0.2) is 90.1 Å². The summed E-state index contributed by atoms with van der Waals surface area (Å²) in [5.74, 6) is 0.586. The summed E-state index contributed by atoms with van der Waals surface area (Å²) in [7, 11) is 0. The number of hydrogen-bond donors (Lipinski definition) is 2. The maximum atomic E-state index is 13.2. The second-order valence-electron chi connectivity index (χ2n) is 7.06. The van der Waals surface area contributed by atoms with E-state index < -0.39 is 5.25 Å². The minimum Gasteiger partial charge on any atom is -0.325 e. The number of nitrogens with zero attached hydrogens (tertiary/aromatic N) is 3. The number of halogens is 1. The van der Waals surface area contributed by atoms with E-state index in [2.05, 4.69) is 20.9 Å². The van der Waals surface area contributed by atoms with E-state index in [1.165, 1.54) is 11.8 Å². The van der Waals surface area contributed by atoms with Crippen molar-refractivity contribution < 1.29 is 4.79 Å². The predicted molar refractivity (Wildman–Crippen MR) is 124 cm³/mol. The van der Waals surface area contributed by atoms with Gasteiger partial charge in [-0.2, -0.15) is 0 Å². The monoisotopic (exact) mass is 447 g/mol. The molecular formula is C23H18ClN5OS. The predicted octanol–water partition coefficient (Wildman–Crippen LogP) is 5.00. The first kappa shape index (κ1) is 19.7. The Balaban J connectivity index is 1.52. The van der Waals surface area contributed by atoms with Gasteiger partial charge < -0.3 is 10.7 Å². The third kappa shape index (κ3) is 4.02. The van der Waals surface area contributed by atoms with E-state index >= 15 is 0 Å². The van der Waals surface area contributed by atoms with Crippen LogP contribution in [-0.4, -0.2) is 26.0 Å². The fourth-order valence-corrected chi connectivity index (χ4v) is 4.69. The molecule has 154 valence electrons. The van der Waals surface area contributed by atoms with Gasteiger partial charge >= 0.3 is 0 Å². The van der Waals surface area contributed by atoms with Crippen molar-refractivity contribution in [1.82, 2.24) is 14.9 Å². The maximum Gasteiger partial charge on any atom is 0.240 e. The lowest BCUT2D eigenvalue weighted by Crippen LogP contribution is -2.41. The number of para-hydroxylation sites is 1. The van der Waals surface area contributed by atoms with Gasteiger partial charge in [0.2, 0.25) is 11.1 Å². The Morgan fingerprint density at radius 3 is 2.32 bits per heavy atom. The van der Waals surface area contributed by atoms with Crippen molar-refractivity contribution >= 4 is 35.0 Å². The third-order valence-corrected chi connectivity index (χ3v) is 6.46. The normalized spacial score (nSPS) is 17.5. The first-order valence-electron chi connectivity index (χ1n) is 9.74. The summed E-state index contributed by atoms with van der Waals surface area (Å²) in [5, 5.41) is 12.5. The molecule has 31 heavy (non-hydrogen) atoms. The van der Waals surface area contributed by atoms with Gasteiger partial charge in [0.05, 0.1) is 6.04 Å². The number of amides is 1. The molecule has 1 aromatic heterocycles. The topological polar surface area (TPSA) is 71.8 Å². The van der Waals surface area contributed by atoms with Crippen LogP contribution in [0.4, 0.5) is 5.69 Å². The summed E-state index contributed by atoms with van der Waals surface area (Å²) in [6.45, 7) is 0. The molecule has 2 N–H and O–H groups in total. The quantitative estimate of drug-likeness (QED) is 0.460. The average molecular weight is 448 g/mol. The van der Waals surface area contributed by atoms with Gasteiger partial charge in [0.15, 0.2) is 5.82 Å². The number of anilines is 1. The molecule has 5 rings (SSSR count). The van der Waals surface area contributed by atoms with E-state index in [0.29, 0.717) is 16.0 Å². The van der Waals surface area contributed by atoms with Gasteiger partial charge in [-0.15, -0.1) is 10.2 Å². The Morgan fingerprint density at radius 1 is 0.935 bits per heavy atom. The van der Waals surface area contributed by atoms with Gasteiger partial charge in [0, 0.05) is 16.3 Å². The second kappa shape index (κ2) is 8.45. The summed E-state index contributed by atoms with van der Waals surface area (Å²) in [6, 6.07) is 26.5. The molecule has 0 spiro atoms. The van der Waals surface area contributed by atoms with Crippen molar-refractivity contribution in [2.45, 2.75) is 16.4 Å². The van der Waals surface area contributed by atoms with E-state index in [1.807, 2.05) is 89.6 Å². The lowest BCUT2D eigenvalue weighted by atomic mass is 10.0. The van der Waals surface area contributed by atoms with Crippen LogP contribution in [0, 0.1) is 0 Å². The van der Waals surface area contributed by atoms with Gasteiger partial charge in [0.25, 0.3) is 0 Å². The van der Waals surface area contributed by atoms with Crippen LogP contribution >= 0.6 is 23.4 Å². The number of carbonyl (C=O) groups excluding carboxylic acids is 1. The van der Waals surface area contributed by atoms with Crippen LogP contribution in [-0.2, 0) is 4.79 Å². The zero-order valence-corrected chi connectivity index (χ0v) is 17.8. The lowest BCUT2D eigenvalue weighted by Gasteiger charge is -2.33. The molecule has 2 atom stereocenters. The minimum absolute atomic E-state index is 0.112. The summed E-state index contributed by atoms with van der Waals surface area (Å²) in [6.07, 6.45) is 0. The molecule has 4 aromatic rings. The Kier molecular flexibility index (Phi) is 5.36. The van der Waals surface area contributed by atoms with Gasteiger partial charge in [-0.1, -0.05) is 84.0 Å². The molecule has 0 aliphatic carbocycles. The molecule has 0 unspecified atom stereocenters. The zero-order valence-electron chi connectivity index (χ0n) is 16.3. The number of benzene rings is 3. The van der Waals surface area contributed by atoms with E-state index in [4.69, 9.17) is 11.6 Å². The standard InChI is InChI=1S/C23H18ClN5OS/c24-17-13-11-15(12-14-17)19-20(22(30)25-18-9-5-2-6-10-18)31-23-27-26-21(29(23)28-19)16-7-3-1-4-8-16/h1-14,19-20,28H,(H,25,30)/t19-,20+/m1/s1. The van der Waals surface area contributed by atoms with Crippen molar-refractivity contribution in [3.05, 3.63) is 95.5 Å². The molecule has 1 aliphatic heterocycles. The number of carbonyl (C=O) groups is 1. The summed E-state index contributed by atoms with van der Waals surface area (Å²) < 4.78 is 1.85. The first-order valence-corrected chi connectivity index (χ1v) is 11.0. The number of fused-ring (bicyclic) bond motifs is 1. The molecule has 3 aromatic carbocycles. The summed E-state index contributed by atoms with van der Waals surface area (Å²) in [5.41, 5.74) is 6.10. The summed E-state index contributed by atoms with van der Waals surface area (Å²) in [4.78, 5) is 13.2. The van der Waals surface area contributed by atoms with E-state index in [1.54, 1.807) is 0 Å². The average Bonchev–Trinajstić information content (AvgIpc) is 3.23. The van der Waals surface area contributed by atoms with Crippen molar-refractivity contribution in [2.75, 3.05) is 10.7 Å². The Morgan fingerprint density at radius 2 is 1.61 bits per heavy atom. The number of rotatable bonds is 4. The van der Waals surface area contributed by atoms with E-state index in [-0.39, 0.29) is 11.9 Å². The SMILES string of the molecule is O=C(Nc1ccccc1)[C@H]1Sc2nnc(-c3ccccc3)n2N[C@@H]1c1ccc(Cl)cc1. The lowest BCUT2D eigenvalue weighted by molar-refractivity contribution is -0.116. The molecule has 6 nitrogen and oxygen atoms in total. The highest BCUT2D eigenvalue weighted by Gasteiger charge is 2.38. The number of nitrogens with one attached hydrogen (secondary N) is 2. The second-order valence-corrected chi connectivity index (χ2v) is 8.60. The number of hydrogen-bond acceptors (Lipinski definition) is 5. The van der Waals surface area contributed by atoms with Gasteiger partial charge in [0.1, 0.15) is 5.25 Å². The zero-order chi connectivity index (χ0) is 21.2. The third-order valence-electron chi connectivity index (χ3n) is 5.00. The van der Waals surface area contributed by atoms with Gasteiger partial charge in [-0.05, 0) is 29.8 Å². The van der Waals surface area contributed by atoms with E-state index in [0.717, 1.165) is 16.8 Å².